The van der Waals surface area contributed by atoms with Gasteiger partial charge in [0, 0.05) is 18.0 Å². The molecule has 1 heterocycles. The van der Waals surface area contributed by atoms with Gasteiger partial charge in [-0.3, -0.25) is 9.78 Å². The van der Waals surface area contributed by atoms with Crippen LogP contribution >= 0.6 is 0 Å². The average molecular weight is 255 g/mol. The van der Waals surface area contributed by atoms with Crippen LogP contribution in [0.15, 0.2) is 12.4 Å². The van der Waals surface area contributed by atoms with Crippen molar-refractivity contribution in [2.45, 2.75) is 19.0 Å². The number of hydrogen-bond donors (Lipinski definition) is 1. The van der Waals surface area contributed by atoms with Gasteiger partial charge in [-0.25, -0.2) is 8.78 Å². The van der Waals surface area contributed by atoms with Crippen molar-refractivity contribution in [1.29, 1.82) is 0 Å². The SMILES string of the molecule is O=C(O)Cc1c(C(F)F)cncc1C(F)(F)F. The second-order valence-electron chi connectivity index (χ2n) is 3.12. The third-order valence-electron chi connectivity index (χ3n) is 1.96. The number of pyridine rings is 1. The maximum Gasteiger partial charge on any atom is 0.418 e. The van der Waals surface area contributed by atoms with Crippen LogP contribution in [-0.2, 0) is 17.4 Å². The number of alkyl halides is 5. The van der Waals surface area contributed by atoms with Crippen LogP contribution in [0.2, 0.25) is 0 Å². The predicted molar refractivity (Wildman–Crippen MR) is 45.5 cm³/mol. The second-order valence-corrected chi connectivity index (χ2v) is 3.12. The largest absolute Gasteiger partial charge is 0.481 e. The molecule has 17 heavy (non-hydrogen) atoms. The van der Waals surface area contributed by atoms with Crippen molar-refractivity contribution < 1.29 is 31.9 Å². The molecule has 1 N–H and O–H groups in total. The summed E-state index contributed by atoms with van der Waals surface area (Å²) in [7, 11) is 0. The Labute approximate surface area is 91.9 Å². The molecule has 0 spiro atoms. The zero-order chi connectivity index (χ0) is 13.2. The Balaban J connectivity index is 3.39. The van der Waals surface area contributed by atoms with Gasteiger partial charge >= 0.3 is 12.1 Å². The maximum atomic E-state index is 12.5. The molecule has 1 rings (SSSR count). The van der Waals surface area contributed by atoms with E-state index >= 15 is 0 Å². The van der Waals surface area contributed by atoms with Gasteiger partial charge in [0.05, 0.1) is 12.0 Å². The summed E-state index contributed by atoms with van der Waals surface area (Å²) in [5.74, 6) is -1.62. The Bertz CT molecular complexity index is 430. The van der Waals surface area contributed by atoms with Crippen molar-refractivity contribution >= 4 is 5.97 Å². The van der Waals surface area contributed by atoms with E-state index in [-0.39, 0.29) is 0 Å². The summed E-state index contributed by atoms with van der Waals surface area (Å²) in [6.07, 6.45) is -8.37. The molecule has 8 heteroatoms. The molecular formula is C9H6F5NO2. The lowest BCUT2D eigenvalue weighted by Gasteiger charge is -2.14. The van der Waals surface area contributed by atoms with Crippen molar-refractivity contribution in [3.8, 4) is 0 Å². The van der Waals surface area contributed by atoms with Gasteiger partial charge in [-0.15, -0.1) is 0 Å². The molecule has 1 aromatic heterocycles. The molecule has 0 amide bonds. The van der Waals surface area contributed by atoms with Gasteiger partial charge in [-0.1, -0.05) is 0 Å². The summed E-state index contributed by atoms with van der Waals surface area (Å²) in [6.45, 7) is 0. The quantitative estimate of drug-likeness (QED) is 0.845. The number of carboxylic acid groups (broad SMARTS) is 1. The maximum absolute atomic E-state index is 12.5. The lowest BCUT2D eigenvalue weighted by atomic mass is 10.0. The minimum Gasteiger partial charge on any atom is -0.481 e. The van der Waals surface area contributed by atoms with Crippen molar-refractivity contribution in [2.75, 3.05) is 0 Å². The summed E-state index contributed by atoms with van der Waals surface area (Å²) in [5.41, 5.74) is -3.41. The highest BCUT2D eigenvalue weighted by Crippen LogP contribution is 2.35. The highest BCUT2D eigenvalue weighted by atomic mass is 19.4. The van der Waals surface area contributed by atoms with Gasteiger partial charge in [-0.2, -0.15) is 13.2 Å². The van der Waals surface area contributed by atoms with E-state index in [9.17, 15) is 26.7 Å². The first kappa shape index (κ1) is 13.3. The zero-order valence-corrected chi connectivity index (χ0v) is 8.13. The minimum atomic E-state index is -4.91. The first-order chi connectivity index (χ1) is 7.73. The van der Waals surface area contributed by atoms with Gasteiger partial charge in [0.15, 0.2) is 0 Å². The summed E-state index contributed by atoms with van der Waals surface area (Å²) in [6, 6.07) is 0. The molecular weight excluding hydrogens is 249 g/mol. The molecule has 0 aliphatic carbocycles. The van der Waals surface area contributed by atoms with Crippen LogP contribution in [0, 0.1) is 0 Å². The number of carboxylic acids is 1. The van der Waals surface area contributed by atoms with E-state index in [4.69, 9.17) is 5.11 Å². The van der Waals surface area contributed by atoms with Gasteiger partial charge in [0.2, 0.25) is 0 Å². The number of nitrogens with zero attached hydrogens (tertiary/aromatic N) is 1. The van der Waals surface area contributed by atoms with Gasteiger partial charge < -0.3 is 5.11 Å². The normalized spacial score (nSPS) is 11.9. The molecule has 0 aromatic carbocycles. The van der Waals surface area contributed by atoms with Crippen LogP contribution in [-0.4, -0.2) is 16.1 Å². The third kappa shape index (κ3) is 3.11. The van der Waals surface area contributed by atoms with Gasteiger partial charge in [0.1, 0.15) is 0 Å². The minimum absolute atomic E-state index is 0.337. The fraction of sp³-hybridized carbons (Fsp3) is 0.333. The molecule has 94 valence electrons. The van der Waals surface area contributed by atoms with Crippen LogP contribution in [0.3, 0.4) is 0 Å². The van der Waals surface area contributed by atoms with E-state index < -0.39 is 41.7 Å². The molecule has 0 aliphatic heterocycles. The topological polar surface area (TPSA) is 50.2 Å². The van der Waals surface area contributed by atoms with Crippen LogP contribution < -0.4 is 0 Å². The van der Waals surface area contributed by atoms with Crippen LogP contribution in [0.5, 0.6) is 0 Å². The summed E-state index contributed by atoms with van der Waals surface area (Å²) in [5, 5.41) is 8.43. The Morgan fingerprint density at radius 2 is 1.94 bits per heavy atom. The Hall–Kier alpha value is -1.73. The van der Waals surface area contributed by atoms with Crippen molar-refractivity contribution in [3.63, 3.8) is 0 Å². The number of hydrogen-bond acceptors (Lipinski definition) is 2. The number of carbonyl (C=O) groups is 1. The summed E-state index contributed by atoms with van der Waals surface area (Å²) < 4.78 is 62.3. The average Bonchev–Trinajstić information content (AvgIpc) is 2.14. The monoisotopic (exact) mass is 255 g/mol. The summed E-state index contributed by atoms with van der Waals surface area (Å²) >= 11 is 0. The van der Waals surface area contributed by atoms with E-state index in [0.717, 1.165) is 0 Å². The highest BCUT2D eigenvalue weighted by molar-refractivity contribution is 5.71. The van der Waals surface area contributed by atoms with Gasteiger partial charge in [0.25, 0.3) is 6.43 Å². The van der Waals surface area contributed by atoms with E-state index in [1.54, 1.807) is 0 Å². The third-order valence-corrected chi connectivity index (χ3v) is 1.96. The van der Waals surface area contributed by atoms with E-state index in [1.165, 1.54) is 0 Å². The zero-order valence-electron chi connectivity index (χ0n) is 8.13. The molecule has 0 unspecified atom stereocenters. The molecule has 0 fully saturated rings. The standard InChI is InChI=1S/C9H6F5NO2/c10-8(11)5-2-15-3-6(9(12,13)14)4(5)1-7(16)17/h2-3,8H,1H2,(H,16,17). The van der Waals surface area contributed by atoms with Crippen molar-refractivity contribution in [3.05, 3.63) is 29.1 Å². The fourth-order valence-electron chi connectivity index (χ4n) is 1.28. The van der Waals surface area contributed by atoms with E-state index in [2.05, 4.69) is 4.98 Å². The molecule has 0 aliphatic rings. The molecule has 0 radical (unpaired) electrons. The van der Waals surface area contributed by atoms with Crippen molar-refractivity contribution in [2.24, 2.45) is 0 Å². The Morgan fingerprint density at radius 3 is 2.35 bits per heavy atom. The van der Waals surface area contributed by atoms with E-state index in [0.29, 0.717) is 12.4 Å². The predicted octanol–water partition coefficient (Wildman–Crippen LogP) is 2.67. The summed E-state index contributed by atoms with van der Waals surface area (Å²) in [4.78, 5) is 13.4. The van der Waals surface area contributed by atoms with E-state index in [1.807, 2.05) is 0 Å². The molecule has 0 bridgehead atoms. The fourth-order valence-corrected chi connectivity index (χ4v) is 1.28. The number of aromatic nitrogens is 1. The number of halogens is 5. The molecule has 0 atom stereocenters. The Kier molecular flexibility index (Phi) is 3.64. The van der Waals surface area contributed by atoms with Gasteiger partial charge in [-0.05, 0) is 5.56 Å². The molecule has 0 saturated carbocycles. The first-order valence-corrected chi connectivity index (χ1v) is 4.27. The Morgan fingerprint density at radius 1 is 1.35 bits per heavy atom. The second kappa shape index (κ2) is 4.64. The van der Waals surface area contributed by atoms with Crippen LogP contribution in [0.4, 0.5) is 22.0 Å². The van der Waals surface area contributed by atoms with Crippen molar-refractivity contribution in [1.82, 2.24) is 4.98 Å². The lowest BCUT2D eigenvalue weighted by Crippen LogP contribution is -2.15. The van der Waals surface area contributed by atoms with Crippen LogP contribution in [0.1, 0.15) is 23.1 Å². The smallest absolute Gasteiger partial charge is 0.418 e. The van der Waals surface area contributed by atoms with Crippen LogP contribution in [0.25, 0.3) is 0 Å². The number of aliphatic carboxylic acids is 1. The first-order valence-electron chi connectivity index (χ1n) is 4.27. The highest BCUT2D eigenvalue weighted by Gasteiger charge is 2.36. The molecule has 0 saturated heterocycles. The number of rotatable bonds is 3. The molecule has 3 nitrogen and oxygen atoms in total. The lowest BCUT2D eigenvalue weighted by molar-refractivity contribution is -0.140. The molecule has 1 aromatic rings.